The van der Waals surface area contributed by atoms with E-state index in [-0.39, 0.29) is 5.91 Å². The lowest BCUT2D eigenvalue weighted by atomic mass is 10.0. The van der Waals surface area contributed by atoms with Gasteiger partial charge in [0.15, 0.2) is 5.82 Å². The smallest absolute Gasteiger partial charge is 0.245 e. The van der Waals surface area contributed by atoms with Gasteiger partial charge in [0.1, 0.15) is 11.4 Å². The van der Waals surface area contributed by atoms with E-state index >= 15 is 0 Å². The van der Waals surface area contributed by atoms with Gasteiger partial charge in [0.05, 0.1) is 0 Å². The second kappa shape index (κ2) is 8.81. The summed E-state index contributed by atoms with van der Waals surface area (Å²) < 4.78 is 0. The quantitative estimate of drug-likeness (QED) is 0.386. The first kappa shape index (κ1) is 21.1. The van der Waals surface area contributed by atoms with Crippen molar-refractivity contribution in [3.63, 3.8) is 0 Å². The summed E-state index contributed by atoms with van der Waals surface area (Å²) in [6, 6.07) is 9.41. The number of aromatic amines is 1. The number of hydrogen-bond donors (Lipinski definition) is 5. The van der Waals surface area contributed by atoms with Gasteiger partial charge in [0.25, 0.3) is 0 Å². The summed E-state index contributed by atoms with van der Waals surface area (Å²) in [5.41, 5.74) is 2.92. The molecule has 9 heteroatoms. The van der Waals surface area contributed by atoms with Crippen LogP contribution < -0.4 is 21.3 Å². The van der Waals surface area contributed by atoms with Crippen LogP contribution in [0.4, 0.5) is 29.0 Å². The predicted molar refractivity (Wildman–Crippen MR) is 119 cm³/mol. The first-order valence-corrected chi connectivity index (χ1v) is 9.83. The highest BCUT2D eigenvalue weighted by Crippen LogP contribution is 2.23. The van der Waals surface area contributed by atoms with Crippen LogP contribution in [-0.2, 0) is 4.79 Å². The molecule has 3 rings (SSSR count). The minimum Gasteiger partial charge on any atom is -0.372 e. The van der Waals surface area contributed by atoms with Crippen LogP contribution in [0.5, 0.6) is 0 Å². The number of aromatic nitrogens is 4. The van der Waals surface area contributed by atoms with Crippen LogP contribution >= 0.6 is 0 Å². The molecule has 0 radical (unpaired) electrons. The molecule has 30 heavy (non-hydrogen) atoms. The third-order valence-corrected chi connectivity index (χ3v) is 4.64. The molecular formula is C21H28N8O. The molecule has 0 aliphatic heterocycles. The molecule has 2 aromatic heterocycles. The Morgan fingerprint density at radius 3 is 2.60 bits per heavy atom. The fourth-order valence-corrected chi connectivity index (χ4v) is 2.82. The third-order valence-electron chi connectivity index (χ3n) is 4.64. The number of nitrogens with one attached hydrogen (secondary N) is 5. The number of anilines is 5. The molecule has 0 unspecified atom stereocenters. The number of amides is 1. The minimum atomic E-state index is -0.742. The number of benzene rings is 1. The Morgan fingerprint density at radius 1 is 1.13 bits per heavy atom. The van der Waals surface area contributed by atoms with Crippen molar-refractivity contribution in [2.24, 2.45) is 0 Å². The molecule has 1 amide bonds. The lowest BCUT2D eigenvalue weighted by Gasteiger charge is -2.26. The molecule has 0 spiro atoms. The molecule has 3 aromatic rings. The molecule has 0 aliphatic carbocycles. The van der Waals surface area contributed by atoms with Crippen LogP contribution in [0.15, 0.2) is 36.5 Å². The molecule has 0 bridgehead atoms. The monoisotopic (exact) mass is 408 g/mol. The molecule has 0 fully saturated rings. The molecule has 0 atom stereocenters. The summed E-state index contributed by atoms with van der Waals surface area (Å²) in [5.74, 6) is 1.75. The first-order valence-electron chi connectivity index (χ1n) is 9.83. The summed E-state index contributed by atoms with van der Waals surface area (Å²) in [7, 11) is 0. The minimum absolute atomic E-state index is 0.0608. The Kier molecular flexibility index (Phi) is 6.20. The Bertz CT molecular complexity index is 1030. The topological polar surface area (TPSA) is 120 Å². The van der Waals surface area contributed by atoms with Crippen molar-refractivity contribution in [3.05, 3.63) is 47.8 Å². The summed E-state index contributed by atoms with van der Waals surface area (Å²) >= 11 is 0. The van der Waals surface area contributed by atoms with Crippen molar-refractivity contribution >= 4 is 34.9 Å². The van der Waals surface area contributed by atoms with E-state index in [2.05, 4.69) is 41.4 Å². The average molecular weight is 409 g/mol. The van der Waals surface area contributed by atoms with Crippen LogP contribution in [0.1, 0.15) is 32.0 Å². The number of aryl methyl sites for hydroxylation is 1. The second-order valence-electron chi connectivity index (χ2n) is 7.53. The molecule has 158 valence electrons. The van der Waals surface area contributed by atoms with Crippen molar-refractivity contribution in [1.82, 2.24) is 25.5 Å². The molecule has 9 nitrogen and oxygen atoms in total. The van der Waals surface area contributed by atoms with E-state index < -0.39 is 5.54 Å². The SMILES string of the molecule is CCNC(=O)C(C)(C)Nc1cccc(Nc2nccc(Nc3n[nH]c(C)c3C)n2)c1. The van der Waals surface area contributed by atoms with Gasteiger partial charge in [-0.15, -0.1) is 0 Å². The van der Waals surface area contributed by atoms with Crippen molar-refractivity contribution < 1.29 is 4.79 Å². The molecule has 0 saturated heterocycles. The Morgan fingerprint density at radius 2 is 1.90 bits per heavy atom. The van der Waals surface area contributed by atoms with E-state index in [1.165, 1.54) is 0 Å². The Labute approximate surface area is 176 Å². The summed E-state index contributed by atoms with van der Waals surface area (Å²) in [5, 5.41) is 19.7. The van der Waals surface area contributed by atoms with Gasteiger partial charge in [-0.2, -0.15) is 10.1 Å². The van der Waals surface area contributed by atoms with Crippen molar-refractivity contribution in [2.75, 3.05) is 22.5 Å². The Balaban J connectivity index is 1.72. The first-order chi connectivity index (χ1) is 14.3. The maximum atomic E-state index is 12.2. The maximum absolute atomic E-state index is 12.2. The molecule has 0 aliphatic rings. The van der Waals surface area contributed by atoms with Crippen LogP contribution in [0.3, 0.4) is 0 Å². The fourth-order valence-electron chi connectivity index (χ4n) is 2.82. The van der Waals surface area contributed by atoms with E-state index in [9.17, 15) is 4.79 Å². The maximum Gasteiger partial charge on any atom is 0.245 e. The highest BCUT2D eigenvalue weighted by atomic mass is 16.2. The van der Waals surface area contributed by atoms with E-state index in [1.54, 1.807) is 12.3 Å². The lowest BCUT2D eigenvalue weighted by Crippen LogP contribution is -2.47. The van der Waals surface area contributed by atoms with Crippen LogP contribution in [0.2, 0.25) is 0 Å². The summed E-state index contributed by atoms with van der Waals surface area (Å²) in [6.45, 7) is 10.1. The number of nitrogens with zero attached hydrogens (tertiary/aromatic N) is 3. The largest absolute Gasteiger partial charge is 0.372 e. The van der Waals surface area contributed by atoms with Crippen LogP contribution in [-0.4, -0.2) is 38.2 Å². The van der Waals surface area contributed by atoms with E-state index in [0.29, 0.717) is 18.3 Å². The predicted octanol–water partition coefficient (Wildman–Crippen LogP) is 3.63. The van der Waals surface area contributed by atoms with Crippen LogP contribution in [0.25, 0.3) is 0 Å². The van der Waals surface area contributed by atoms with Crippen molar-refractivity contribution in [1.29, 1.82) is 0 Å². The number of rotatable bonds is 8. The van der Waals surface area contributed by atoms with Gasteiger partial charge in [-0.05, 0) is 58.9 Å². The highest BCUT2D eigenvalue weighted by Gasteiger charge is 2.26. The van der Waals surface area contributed by atoms with Gasteiger partial charge in [0, 0.05) is 35.4 Å². The average Bonchev–Trinajstić information content (AvgIpc) is 3.00. The zero-order chi connectivity index (χ0) is 21.7. The fraction of sp³-hybridized carbons (Fsp3) is 0.333. The normalized spacial score (nSPS) is 11.1. The van der Waals surface area contributed by atoms with Crippen molar-refractivity contribution in [2.45, 2.75) is 40.2 Å². The van der Waals surface area contributed by atoms with Crippen LogP contribution in [0, 0.1) is 13.8 Å². The molecule has 1 aromatic carbocycles. The number of likely N-dealkylation sites (N-methyl/N-ethyl adjacent to an activating group) is 1. The van der Waals surface area contributed by atoms with Gasteiger partial charge >= 0.3 is 0 Å². The summed E-state index contributed by atoms with van der Waals surface area (Å²) in [6.07, 6.45) is 1.67. The molecule has 0 saturated carbocycles. The lowest BCUT2D eigenvalue weighted by molar-refractivity contribution is -0.124. The number of carbonyl (C=O) groups is 1. The molecule has 5 N–H and O–H groups in total. The number of hydrogen-bond acceptors (Lipinski definition) is 7. The van der Waals surface area contributed by atoms with E-state index in [0.717, 1.165) is 28.5 Å². The van der Waals surface area contributed by atoms with Gasteiger partial charge < -0.3 is 21.3 Å². The van der Waals surface area contributed by atoms with Gasteiger partial charge in [0.2, 0.25) is 11.9 Å². The van der Waals surface area contributed by atoms with Crippen molar-refractivity contribution in [3.8, 4) is 0 Å². The molecule has 2 heterocycles. The van der Waals surface area contributed by atoms with E-state index in [4.69, 9.17) is 0 Å². The van der Waals surface area contributed by atoms with Gasteiger partial charge in [-0.25, -0.2) is 4.98 Å². The zero-order valence-electron chi connectivity index (χ0n) is 17.9. The van der Waals surface area contributed by atoms with E-state index in [1.807, 2.05) is 58.9 Å². The standard InChI is InChI=1S/C21H28N8O/c1-6-22-19(30)21(4,5)27-16-9-7-8-15(12-16)24-20-23-11-10-17(26-20)25-18-13(2)14(3)28-29-18/h7-12,27H,6H2,1-5H3,(H,22,30)(H3,23,24,25,26,28,29). The molecular weight excluding hydrogens is 380 g/mol. The second-order valence-corrected chi connectivity index (χ2v) is 7.53. The number of carbonyl (C=O) groups excluding carboxylic acids is 1. The van der Waals surface area contributed by atoms with Gasteiger partial charge in [-0.1, -0.05) is 6.07 Å². The zero-order valence-corrected chi connectivity index (χ0v) is 17.9. The van der Waals surface area contributed by atoms with Gasteiger partial charge in [-0.3, -0.25) is 9.89 Å². The Hall–Kier alpha value is -3.62. The highest BCUT2D eigenvalue weighted by molar-refractivity contribution is 5.88. The third kappa shape index (κ3) is 5.05. The number of H-pyrrole nitrogens is 1. The summed E-state index contributed by atoms with van der Waals surface area (Å²) in [4.78, 5) is 21.0.